The minimum absolute atomic E-state index is 0.265. The molecule has 0 aliphatic carbocycles. The van der Waals surface area contributed by atoms with Gasteiger partial charge >= 0.3 is 0 Å². The van der Waals surface area contributed by atoms with E-state index in [2.05, 4.69) is 31.9 Å². The summed E-state index contributed by atoms with van der Waals surface area (Å²) in [5.74, 6) is 0.761. The number of halogens is 1. The van der Waals surface area contributed by atoms with Gasteiger partial charge in [-0.1, -0.05) is 0 Å². The fraction of sp³-hybridized carbons (Fsp3) is 0.643. The standard InChI is InChI=1S/C14H19BrN2O2S/c15-12-9-13(11-16-10-12)17-5-1-14(2-6-17)3-7-20(18,19)8-4-14/h9-11H,1-8H2. The van der Waals surface area contributed by atoms with E-state index in [-0.39, 0.29) is 5.41 Å². The summed E-state index contributed by atoms with van der Waals surface area (Å²) >= 11 is 3.46. The Hall–Kier alpha value is -0.620. The van der Waals surface area contributed by atoms with Crippen LogP contribution >= 0.6 is 15.9 Å². The second kappa shape index (κ2) is 5.30. The third kappa shape index (κ3) is 3.01. The largest absolute Gasteiger partial charge is 0.370 e. The van der Waals surface area contributed by atoms with E-state index in [0.29, 0.717) is 11.5 Å². The maximum atomic E-state index is 11.6. The number of hydrogen-bond acceptors (Lipinski definition) is 4. The van der Waals surface area contributed by atoms with Crippen molar-refractivity contribution in [3.63, 3.8) is 0 Å². The Morgan fingerprint density at radius 1 is 1.10 bits per heavy atom. The van der Waals surface area contributed by atoms with Crippen LogP contribution in [0.2, 0.25) is 0 Å². The molecule has 0 amide bonds. The normalized spacial score (nSPS) is 24.8. The topological polar surface area (TPSA) is 50.3 Å². The van der Waals surface area contributed by atoms with E-state index in [1.807, 2.05) is 6.20 Å². The molecule has 0 radical (unpaired) electrons. The molecule has 1 aromatic rings. The van der Waals surface area contributed by atoms with Crippen LogP contribution in [0.1, 0.15) is 25.7 Å². The summed E-state index contributed by atoms with van der Waals surface area (Å²) in [6.07, 6.45) is 7.57. The van der Waals surface area contributed by atoms with Crippen molar-refractivity contribution in [1.29, 1.82) is 0 Å². The van der Waals surface area contributed by atoms with Gasteiger partial charge in [-0.3, -0.25) is 4.98 Å². The third-order valence-electron chi connectivity index (χ3n) is 4.77. The van der Waals surface area contributed by atoms with Gasteiger partial charge in [0.1, 0.15) is 9.84 Å². The van der Waals surface area contributed by atoms with Crippen LogP contribution in [0.4, 0.5) is 5.69 Å². The molecule has 0 unspecified atom stereocenters. The van der Waals surface area contributed by atoms with Crippen molar-refractivity contribution in [3.05, 3.63) is 22.9 Å². The number of pyridine rings is 1. The molecule has 0 saturated carbocycles. The van der Waals surface area contributed by atoms with Crippen molar-refractivity contribution in [2.75, 3.05) is 29.5 Å². The minimum atomic E-state index is -2.76. The summed E-state index contributed by atoms with van der Waals surface area (Å²) < 4.78 is 24.2. The SMILES string of the molecule is O=S1(=O)CCC2(CCN(c3cncc(Br)c3)CC2)CC1. The van der Waals surface area contributed by atoms with Gasteiger partial charge in [0.2, 0.25) is 0 Å². The van der Waals surface area contributed by atoms with Crippen LogP contribution in [0.25, 0.3) is 0 Å². The van der Waals surface area contributed by atoms with Crippen LogP contribution < -0.4 is 4.90 Å². The summed E-state index contributed by atoms with van der Waals surface area (Å²) in [7, 11) is -2.76. The van der Waals surface area contributed by atoms with Crippen LogP contribution in [-0.2, 0) is 9.84 Å². The first-order valence-electron chi connectivity index (χ1n) is 7.04. The van der Waals surface area contributed by atoms with Crippen molar-refractivity contribution < 1.29 is 8.42 Å². The van der Waals surface area contributed by atoms with E-state index < -0.39 is 9.84 Å². The molecule has 2 aliphatic rings. The predicted molar refractivity (Wildman–Crippen MR) is 83.7 cm³/mol. The molecule has 1 spiro atoms. The second-order valence-corrected chi connectivity index (χ2v) is 9.22. The number of rotatable bonds is 1. The molecule has 2 saturated heterocycles. The molecule has 0 aromatic carbocycles. The van der Waals surface area contributed by atoms with Crippen molar-refractivity contribution in [2.45, 2.75) is 25.7 Å². The number of aromatic nitrogens is 1. The summed E-state index contributed by atoms with van der Waals surface area (Å²) in [5, 5.41) is 0. The molecule has 0 N–H and O–H groups in total. The summed E-state index contributed by atoms with van der Waals surface area (Å²) in [5.41, 5.74) is 1.42. The predicted octanol–water partition coefficient (Wildman–Crippen LogP) is 2.64. The zero-order valence-electron chi connectivity index (χ0n) is 11.4. The van der Waals surface area contributed by atoms with Crippen molar-refractivity contribution in [2.24, 2.45) is 5.41 Å². The molecule has 110 valence electrons. The smallest absolute Gasteiger partial charge is 0.150 e. The van der Waals surface area contributed by atoms with E-state index in [1.54, 1.807) is 6.20 Å². The van der Waals surface area contributed by atoms with Crippen molar-refractivity contribution in [1.82, 2.24) is 4.98 Å². The molecule has 3 rings (SSSR count). The average molecular weight is 359 g/mol. The number of hydrogen-bond donors (Lipinski definition) is 0. The van der Waals surface area contributed by atoms with E-state index >= 15 is 0 Å². The highest BCUT2D eigenvalue weighted by Crippen LogP contribution is 2.42. The lowest BCUT2D eigenvalue weighted by Gasteiger charge is -2.44. The summed E-state index contributed by atoms with van der Waals surface area (Å²) in [6.45, 7) is 2.00. The van der Waals surface area contributed by atoms with E-state index in [0.717, 1.165) is 48.9 Å². The Labute approximate surface area is 128 Å². The third-order valence-corrected chi connectivity index (χ3v) is 6.85. The molecule has 6 heteroatoms. The van der Waals surface area contributed by atoms with E-state index in [1.165, 1.54) is 0 Å². The number of anilines is 1. The highest BCUT2D eigenvalue weighted by atomic mass is 79.9. The molecule has 2 aliphatic heterocycles. The molecule has 0 atom stereocenters. The number of piperidine rings is 1. The maximum Gasteiger partial charge on any atom is 0.150 e. The van der Waals surface area contributed by atoms with Crippen LogP contribution in [0.15, 0.2) is 22.9 Å². The molecule has 3 heterocycles. The van der Waals surface area contributed by atoms with Crippen LogP contribution in [0, 0.1) is 5.41 Å². The average Bonchev–Trinajstić information content (AvgIpc) is 2.44. The lowest BCUT2D eigenvalue weighted by atomic mass is 9.74. The molecule has 0 bridgehead atoms. The monoisotopic (exact) mass is 358 g/mol. The molecule has 4 nitrogen and oxygen atoms in total. The minimum Gasteiger partial charge on any atom is -0.370 e. The lowest BCUT2D eigenvalue weighted by molar-refractivity contribution is 0.194. The molecular formula is C14H19BrN2O2S. The van der Waals surface area contributed by atoms with Gasteiger partial charge < -0.3 is 4.90 Å². The van der Waals surface area contributed by atoms with Crippen molar-refractivity contribution in [3.8, 4) is 0 Å². The Morgan fingerprint density at radius 2 is 1.75 bits per heavy atom. The first-order chi connectivity index (χ1) is 9.48. The van der Waals surface area contributed by atoms with E-state index in [4.69, 9.17) is 0 Å². The van der Waals surface area contributed by atoms with Gasteiger partial charge in [0, 0.05) is 23.8 Å². The van der Waals surface area contributed by atoms with Crippen LogP contribution in [0.3, 0.4) is 0 Å². The Balaban J connectivity index is 1.65. The molecular weight excluding hydrogens is 340 g/mol. The van der Waals surface area contributed by atoms with E-state index in [9.17, 15) is 8.42 Å². The van der Waals surface area contributed by atoms with Gasteiger partial charge in [-0.2, -0.15) is 0 Å². The number of sulfone groups is 1. The Bertz CT molecular complexity index is 579. The lowest BCUT2D eigenvalue weighted by Crippen LogP contribution is -2.44. The zero-order chi connectivity index (χ0) is 14.2. The van der Waals surface area contributed by atoms with Crippen molar-refractivity contribution >= 4 is 31.5 Å². The zero-order valence-corrected chi connectivity index (χ0v) is 13.8. The van der Waals surface area contributed by atoms with Gasteiger partial charge in [0.25, 0.3) is 0 Å². The van der Waals surface area contributed by atoms with Gasteiger partial charge in [0.05, 0.1) is 23.4 Å². The van der Waals surface area contributed by atoms with Crippen LogP contribution in [0.5, 0.6) is 0 Å². The second-order valence-electron chi connectivity index (χ2n) is 6.00. The summed E-state index contributed by atoms with van der Waals surface area (Å²) in [4.78, 5) is 6.57. The quantitative estimate of drug-likeness (QED) is 0.774. The first-order valence-corrected chi connectivity index (χ1v) is 9.66. The molecule has 2 fully saturated rings. The van der Waals surface area contributed by atoms with Gasteiger partial charge in [-0.15, -0.1) is 0 Å². The van der Waals surface area contributed by atoms with Gasteiger partial charge in [-0.05, 0) is 53.1 Å². The highest BCUT2D eigenvalue weighted by molar-refractivity contribution is 9.10. The summed E-state index contributed by atoms with van der Waals surface area (Å²) in [6, 6.07) is 2.09. The fourth-order valence-corrected chi connectivity index (χ4v) is 5.33. The highest BCUT2D eigenvalue weighted by Gasteiger charge is 2.39. The maximum absolute atomic E-state index is 11.6. The Kier molecular flexibility index (Phi) is 3.79. The van der Waals surface area contributed by atoms with Gasteiger partial charge in [0.15, 0.2) is 0 Å². The van der Waals surface area contributed by atoms with Crippen LogP contribution in [-0.4, -0.2) is 38.0 Å². The fourth-order valence-electron chi connectivity index (χ4n) is 3.28. The molecule has 1 aromatic heterocycles. The Morgan fingerprint density at radius 3 is 2.35 bits per heavy atom. The molecule has 20 heavy (non-hydrogen) atoms. The number of nitrogens with zero attached hydrogens (tertiary/aromatic N) is 2. The van der Waals surface area contributed by atoms with Gasteiger partial charge in [-0.25, -0.2) is 8.42 Å². The first kappa shape index (κ1) is 14.3.